The maximum absolute atomic E-state index is 6.21. The van der Waals surface area contributed by atoms with Crippen molar-refractivity contribution < 1.29 is 4.74 Å². The molecule has 3 aromatic rings. The molecule has 0 saturated heterocycles. The molecule has 0 radical (unpaired) electrons. The van der Waals surface area contributed by atoms with Gasteiger partial charge in [0.15, 0.2) is 0 Å². The topological polar surface area (TPSA) is 60.2 Å². The molecule has 0 atom stereocenters. The Morgan fingerprint density at radius 2 is 2.05 bits per heavy atom. The Kier molecular flexibility index (Phi) is 3.54. The molecule has 2 aromatic carbocycles. The van der Waals surface area contributed by atoms with E-state index in [2.05, 4.69) is 10.3 Å². The largest absolute Gasteiger partial charge is 0.495 e. The molecular formula is C16H14ClN3O. The van der Waals surface area contributed by atoms with Crippen LogP contribution in [0.5, 0.6) is 5.75 Å². The van der Waals surface area contributed by atoms with Crippen LogP contribution in [-0.4, -0.2) is 12.1 Å². The van der Waals surface area contributed by atoms with E-state index >= 15 is 0 Å². The number of nitrogens with one attached hydrogen (secondary N) is 1. The number of methoxy groups -OCH3 is 1. The zero-order chi connectivity index (χ0) is 14.8. The fraction of sp³-hybridized carbons (Fsp3) is 0.0625. The SMILES string of the molecule is COc1cc(Nc2ccc3ncccc3c2N)ccc1Cl. The Morgan fingerprint density at radius 3 is 2.86 bits per heavy atom. The maximum Gasteiger partial charge on any atom is 0.139 e. The van der Waals surface area contributed by atoms with Gasteiger partial charge in [-0.1, -0.05) is 11.6 Å². The van der Waals surface area contributed by atoms with Gasteiger partial charge in [0.25, 0.3) is 0 Å². The molecule has 0 unspecified atom stereocenters. The highest BCUT2D eigenvalue weighted by Gasteiger charge is 2.07. The molecule has 0 fully saturated rings. The molecule has 106 valence electrons. The number of nitrogens with zero attached hydrogens (tertiary/aromatic N) is 1. The standard InChI is InChI=1S/C16H14ClN3O/c1-21-15-9-10(4-5-12(15)17)20-14-7-6-13-11(16(14)18)3-2-8-19-13/h2-9,20H,18H2,1H3. The minimum absolute atomic E-state index is 0.568. The molecule has 21 heavy (non-hydrogen) atoms. The lowest BCUT2D eigenvalue weighted by Crippen LogP contribution is -1.98. The second-order valence-corrected chi connectivity index (χ2v) is 4.98. The van der Waals surface area contributed by atoms with Gasteiger partial charge in [-0.3, -0.25) is 4.98 Å². The number of benzene rings is 2. The minimum Gasteiger partial charge on any atom is -0.495 e. The Bertz CT molecular complexity index is 805. The van der Waals surface area contributed by atoms with E-state index in [0.717, 1.165) is 22.3 Å². The Morgan fingerprint density at radius 1 is 1.19 bits per heavy atom. The predicted molar refractivity (Wildman–Crippen MR) is 87.4 cm³/mol. The van der Waals surface area contributed by atoms with Gasteiger partial charge in [0.1, 0.15) is 5.75 Å². The molecule has 0 aliphatic rings. The monoisotopic (exact) mass is 299 g/mol. The molecule has 0 aliphatic carbocycles. The molecule has 4 nitrogen and oxygen atoms in total. The zero-order valence-corrected chi connectivity index (χ0v) is 12.2. The molecule has 0 aliphatic heterocycles. The van der Waals surface area contributed by atoms with E-state index in [9.17, 15) is 0 Å². The molecule has 5 heteroatoms. The van der Waals surface area contributed by atoms with Crippen molar-refractivity contribution in [1.29, 1.82) is 0 Å². The molecule has 1 heterocycles. The summed E-state index contributed by atoms with van der Waals surface area (Å²) < 4.78 is 5.21. The van der Waals surface area contributed by atoms with Crippen molar-refractivity contribution in [3.8, 4) is 5.75 Å². The summed E-state index contributed by atoms with van der Waals surface area (Å²) in [6.45, 7) is 0. The molecule has 0 spiro atoms. The number of fused-ring (bicyclic) bond motifs is 1. The minimum atomic E-state index is 0.568. The summed E-state index contributed by atoms with van der Waals surface area (Å²) in [5.41, 5.74) is 9.41. The van der Waals surface area contributed by atoms with Gasteiger partial charge in [0, 0.05) is 23.3 Å². The van der Waals surface area contributed by atoms with Crippen molar-refractivity contribution in [3.63, 3.8) is 0 Å². The van der Waals surface area contributed by atoms with Gasteiger partial charge >= 0.3 is 0 Å². The van der Waals surface area contributed by atoms with E-state index in [-0.39, 0.29) is 0 Å². The summed E-state index contributed by atoms with van der Waals surface area (Å²) in [7, 11) is 1.58. The van der Waals surface area contributed by atoms with Crippen molar-refractivity contribution in [2.75, 3.05) is 18.2 Å². The molecule has 0 bridgehead atoms. The van der Waals surface area contributed by atoms with Gasteiger partial charge in [-0.15, -0.1) is 0 Å². The van der Waals surface area contributed by atoms with E-state index in [0.29, 0.717) is 16.5 Å². The third-order valence-corrected chi connectivity index (χ3v) is 3.57. The number of anilines is 3. The van der Waals surface area contributed by atoms with Crippen LogP contribution in [0.3, 0.4) is 0 Å². The average molecular weight is 300 g/mol. The van der Waals surface area contributed by atoms with E-state index < -0.39 is 0 Å². The van der Waals surface area contributed by atoms with Gasteiger partial charge in [0.05, 0.1) is 29.0 Å². The summed E-state index contributed by atoms with van der Waals surface area (Å²) in [5.74, 6) is 0.614. The Hall–Kier alpha value is -2.46. The summed E-state index contributed by atoms with van der Waals surface area (Å²) in [4.78, 5) is 4.28. The highest BCUT2D eigenvalue weighted by Crippen LogP contribution is 2.33. The maximum atomic E-state index is 6.21. The van der Waals surface area contributed by atoms with Gasteiger partial charge < -0.3 is 15.8 Å². The van der Waals surface area contributed by atoms with Crippen molar-refractivity contribution in [2.24, 2.45) is 0 Å². The lowest BCUT2D eigenvalue weighted by molar-refractivity contribution is 0.415. The third kappa shape index (κ3) is 2.58. The van der Waals surface area contributed by atoms with Crippen LogP contribution in [0.2, 0.25) is 5.02 Å². The van der Waals surface area contributed by atoms with Crippen molar-refractivity contribution in [1.82, 2.24) is 4.98 Å². The van der Waals surface area contributed by atoms with Crippen LogP contribution < -0.4 is 15.8 Å². The summed E-state index contributed by atoms with van der Waals surface area (Å²) in [6.07, 6.45) is 1.75. The summed E-state index contributed by atoms with van der Waals surface area (Å²) >= 11 is 6.02. The third-order valence-electron chi connectivity index (χ3n) is 3.26. The average Bonchev–Trinajstić information content (AvgIpc) is 2.52. The number of nitrogen functional groups attached to an aromatic ring is 1. The molecule has 1 aromatic heterocycles. The number of pyridine rings is 1. The first-order chi connectivity index (χ1) is 10.2. The van der Waals surface area contributed by atoms with Crippen LogP contribution in [0.1, 0.15) is 0 Å². The second kappa shape index (κ2) is 5.50. The van der Waals surface area contributed by atoms with Crippen LogP contribution in [-0.2, 0) is 0 Å². The first-order valence-electron chi connectivity index (χ1n) is 6.43. The summed E-state index contributed by atoms with van der Waals surface area (Å²) in [6, 6.07) is 13.1. The van der Waals surface area contributed by atoms with Gasteiger partial charge in [0.2, 0.25) is 0 Å². The van der Waals surface area contributed by atoms with Gasteiger partial charge in [-0.2, -0.15) is 0 Å². The van der Waals surface area contributed by atoms with Crippen molar-refractivity contribution in [3.05, 3.63) is 53.7 Å². The number of hydrogen-bond acceptors (Lipinski definition) is 4. The van der Waals surface area contributed by atoms with E-state index in [1.54, 1.807) is 19.4 Å². The zero-order valence-electron chi connectivity index (χ0n) is 11.4. The molecular weight excluding hydrogens is 286 g/mol. The van der Waals surface area contributed by atoms with Crippen LogP contribution in [0.15, 0.2) is 48.7 Å². The fourth-order valence-electron chi connectivity index (χ4n) is 2.18. The number of ether oxygens (including phenoxy) is 1. The van der Waals surface area contributed by atoms with Crippen molar-refractivity contribution >= 4 is 39.6 Å². The number of aromatic nitrogens is 1. The van der Waals surface area contributed by atoms with Crippen LogP contribution in [0.25, 0.3) is 10.9 Å². The second-order valence-electron chi connectivity index (χ2n) is 4.57. The van der Waals surface area contributed by atoms with Crippen LogP contribution in [0, 0.1) is 0 Å². The van der Waals surface area contributed by atoms with Crippen LogP contribution >= 0.6 is 11.6 Å². The molecule has 0 amide bonds. The number of hydrogen-bond donors (Lipinski definition) is 2. The fourth-order valence-corrected chi connectivity index (χ4v) is 2.37. The Balaban J connectivity index is 2.00. The molecule has 3 N–H and O–H groups in total. The van der Waals surface area contributed by atoms with E-state index in [1.165, 1.54) is 0 Å². The van der Waals surface area contributed by atoms with Crippen LogP contribution in [0.4, 0.5) is 17.1 Å². The normalized spacial score (nSPS) is 10.6. The van der Waals surface area contributed by atoms with Gasteiger partial charge in [-0.25, -0.2) is 0 Å². The first-order valence-corrected chi connectivity index (χ1v) is 6.80. The van der Waals surface area contributed by atoms with Crippen molar-refractivity contribution in [2.45, 2.75) is 0 Å². The number of nitrogens with two attached hydrogens (primary N) is 1. The lowest BCUT2D eigenvalue weighted by Gasteiger charge is -2.12. The highest BCUT2D eigenvalue weighted by molar-refractivity contribution is 6.32. The quantitative estimate of drug-likeness (QED) is 0.711. The highest BCUT2D eigenvalue weighted by atomic mass is 35.5. The Labute approximate surface area is 127 Å². The van der Waals surface area contributed by atoms with Gasteiger partial charge in [-0.05, 0) is 36.4 Å². The number of halogens is 1. The first kappa shape index (κ1) is 13.5. The predicted octanol–water partition coefficient (Wildman–Crippen LogP) is 4.22. The van der Waals surface area contributed by atoms with E-state index in [1.807, 2.05) is 36.4 Å². The molecule has 0 saturated carbocycles. The smallest absolute Gasteiger partial charge is 0.139 e. The molecule has 3 rings (SSSR count). The van der Waals surface area contributed by atoms with E-state index in [4.69, 9.17) is 22.1 Å². The lowest BCUT2D eigenvalue weighted by atomic mass is 10.1. The summed E-state index contributed by atoms with van der Waals surface area (Å²) in [5, 5.41) is 4.76. The number of rotatable bonds is 3.